The molecule has 21 heavy (non-hydrogen) atoms. The molecule has 5 heteroatoms. The summed E-state index contributed by atoms with van der Waals surface area (Å²) in [4.78, 5) is 4.36. The van der Waals surface area contributed by atoms with Crippen molar-refractivity contribution in [1.82, 2.24) is 4.98 Å². The summed E-state index contributed by atoms with van der Waals surface area (Å²) >= 11 is 0. The van der Waals surface area contributed by atoms with Gasteiger partial charge in [0.25, 0.3) is 0 Å². The predicted molar refractivity (Wildman–Crippen MR) is 83.5 cm³/mol. The summed E-state index contributed by atoms with van der Waals surface area (Å²) in [5.41, 5.74) is 7.56. The molecule has 112 valence electrons. The summed E-state index contributed by atoms with van der Waals surface area (Å²) in [5, 5.41) is 3.14. The van der Waals surface area contributed by atoms with Crippen LogP contribution in [0.1, 0.15) is 26.3 Å². The number of hydrogen-bond donors (Lipinski definition) is 2. The number of nitrogens with two attached hydrogens (primary N) is 1. The minimum atomic E-state index is -0.383. The van der Waals surface area contributed by atoms with Gasteiger partial charge in [0.2, 0.25) is 5.88 Å². The maximum atomic E-state index is 13.1. The van der Waals surface area contributed by atoms with Gasteiger partial charge in [-0.25, -0.2) is 4.39 Å². The highest BCUT2D eigenvalue weighted by Crippen LogP contribution is 2.27. The van der Waals surface area contributed by atoms with E-state index in [0.29, 0.717) is 17.4 Å². The van der Waals surface area contributed by atoms with Gasteiger partial charge in [-0.1, -0.05) is 0 Å². The summed E-state index contributed by atoms with van der Waals surface area (Å²) in [5.74, 6) is 0.713. The van der Waals surface area contributed by atoms with Gasteiger partial charge in [-0.3, -0.25) is 0 Å². The standard InChI is InChI=1S/C16H20FN3O/c1-10-9-11(17)5-7-13(10)19-14-8-6-12(18)15(20-14)21-16(2,3)4/h5-9H,18H2,1-4H3,(H,19,20). The van der Waals surface area contributed by atoms with Gasteiger partial charge >= 0.3 is 0 Å². The number of aryl methyl sites for hydroxylation is 1. The van der Waals surface area contributed by atoms with Gasteiger partial charge < -0.3 is 15.8 Å². The van der Waals surface area contributed by atoms with Gasteiger partial charge in [0.1, 0.15) is 17.2 Å². The predicted octanol–water partition coefficient (Wildman–Crippen LogP) is 4.03. The molecular formula is C16H20FN3O. The van der Waals surface area contributed by atoms with Gasteiger partial charge in [0.15, 0.2) is 0 Å². The van der Waals surface area contributed by atoms with E-state index < -0.39 is 0 Å². The lowest BCUT2D eigenvalue weighted by atomic mass is 10.2. The summed E-state index contributed by atoms with van der Waals surface area (Å²) in [6, 6.07) is 8.03. The molecular weight excluding hydrogens is 269 g/mol. The van der Waals surface area contributed by atoms with Crippen molar-refractivity contribution in [1.29, 1.82) is 0 Å². The zero-order chi connectivity index (χ0) is 15.6. The highest BCUT2D eigenvalue weighted by molar-refractivity contribution is 5.63. The van der Waals surface area contributed by atoms with Gasteiger partial charge in [0, 0.05) is 5.69 Å². The van der Waals surface area contributed by atoms with Crippen molar-refractivity contribution >= 4 is 17.2 Å². The van der Waals surface area contributed by atoms with Crippen LogP contribution in [-0.4, -0.2) is 10.6 Å². The third-order valence-corrected chi connectivity index (χ3v) is 2.74. The normalized spacial score (nSPS) is 11.3. The second-order valence-corrected chi connectivity index (χ2v) is 5.89. The van der Waals surface area contributed by atoms with E-state index in [4.69, 9.17) is 10.5 Å². The fourth-order valence-electron chi connectivity index (χ4n) is 1.80. The molecule has 1 aromatic carbocycles. The van der Waals surface area contributed by atoms with Crippen molar-refractivity contribution < 1.29 is 9.13 Å². The molecule has 0 aliphatic heterocycles. The number of anilines is 3. The van der Waals surface area contributed by atoms with Gasteiger partial charge in [0.05, 0.1) is 5.69 Å². The van der Waals surface area contributed by atoms with Crippen LogP contribution in [0.25, 0.3) is 0 Å². The molecule has 2 aromatic rings. The van der Waals surface area contributed by atoms with Gasteiger partial charge in [-0.05, 0) is 63.6 Å². The number of nitrogens with zero attached hydrogens (tertiary/aromatic N) is 1. The van der Waals surface area contributed by atoms with Gasteiger partial charge in [-0.2, -0.15) is 4.98 Å². The maximum Gasteiger partial charge on any atom is 0.239 e. The number of hydrogen-bond acceptors (Lipinski definition) is 4. The Hall–Kier alpha value is -2.30. The highest BCUT2D eigenvalue weighted by Gasteiger charge is 2.15. The quantitative estimate of drug-likeness (QED) is 0.895. The number of ether oxygens (including phenoxy) is 1. The van der Waals surface area contributed by atoms with Crippen molar-refractivity contribution in [3.8, 4) is 5.88 Å². The van der Waals surface area contributed by atoms with E-state index >= 15 is 0 Å². The fraction of sp³-hybridized carbons (Fsp3) is 0.312. The first-order valence-corrected chi connectivity index (χ1v) is 6.73. The topological polar surface area (TPSA) is 60.2 Å². The molecule has 0 fully saturated rings. The van der Waals surface area contributed by atoms with Crippen LogP contribution in [0.15, 0.2) is 30.3 Å². The Morgan fingerprint density at radius 2 is 1.90 bits per heavy atom. The molecule has 0 saturated heterocycles. The Bertz CT molecular complexity index is 650. The van der Waals surface area contributed by atoms with Crippen LogP contribution >= 0.6 is 0 Å². The molecule has 4 nitrogen and oxygen atoms in total. The Balaban J connectivity index is 2.26. The molecule has 3 N–H and O–H groups in total. The molecule has 0 unspecified atom stereocenters. The van der Waals surface area contributed by atoms with Crippen molar-refractivity contribution in [3.63, 3.8) is 0 Å². The smallest absolute Gasteiger partial charge is 0.239 e. The second kappa shape index (κ2) is 5.60. The minimum absolute atomic E-state index is 0.264. The Morgan fingerprint density at radius 1 is 1.19 bits per heavy atom. The first kappa shape index (κ1) is 15.1. The van der Waals surface area contributed by atoms with E-state index in [2.05, 4.69) is 10.3 Å². The van der Waals surface area contributed by atoms with Crippen molar-refractivity contribution in [2.75, 3.05) is 11.1 Å². The summed E-state index contributed by atoms with van der Waals surface area (Å²) in [6.07, 6.45) is 0. The largest absolute Gasteiger partial charge is 0.470 e. The van der Waals surface area contributed by atoms with E-state index in [1.54, 1.807) is 18.2 Å². The average molecular weight is 289 g/mol. The number of halogens is 1. The molecule has 0 radical (unpaired) electrons. The first-order valence-electron chi connectivity index (χ1n) is 6.73. The number of aromatic nitrogens is 1. The Morgan fingerprint density at radius 3 is 2.52 bits per heavy atom. The summed E-state index contributed by atoms with van der Waals surface area (Å²) in [6.45, 7) is 7.62. The first-order chi connectivity index (χ1) is 9.74. The third kappa shape index (κ3) is 4.08. The zero-order valence-corrected chi connectivity index (χ0v) is 12.7. The van der Waals surface area contributed by atoms with E-state index in [9.17, 15) is 4.39 Å². The molecule has 0 bridgehead atoms. The number of nitrogens with one attached hydrogen (secondary N) is 1. The number of pyridine rings is 1. The number of benzene rings is 1. The van der Waals surface area contributed by atoms with Crippen LogP contribution in [0.4, 0.5) is 21.6 Å². The average Bonchev–Trinajstić information content (AvgIpc) is 2.35. The molecule has 0 aliphatic carbocycles. The minimum Gasteiger partial charge on any atom is -0.470 e. The molecule has 0 amide bonds. The summed E-state index contributed by atoms with van der Waals surface area (Å²) in [7, 11) is 0. The van der Waals surface area contributed by atoms with E-state index in [0.717, 1.165) is 11.3 Å². The lowest BCUT2D eigenvalue weighted by molar-refractivity contribution is 0.125. The zero-order valence-electron chi connectivity index (χ0n) is 12.7. The highest BCUT2D eigenvalue weighted by atomic mass is 19.1. The Labute approximate surface area is 124 Å². The van der Waals surface area contributed by atoms with E-state index in [-0.39, 0.29) is 11.4 Å². The molecule has 1 aromatic heterocycles. The summed E-state index contributed by atoms with van der Waals surface area (Å²) < 4.78 is 18.8. The van der Waals surface area contributed by atoms with E-state index in [1.165, 1.54) is 12.1 Å². The van der Waals surface area contributed by atoms with Gasteiger partial charge in [-0.15, -0.1) is 0 Å². The van der Waals surface area contributed by atoms with Crippen molar-refractivity contribution in [2.45, 2.75) is 33.3 Å². The molecule has 2 rings (SSSR count). The monoisotopic (exact) mass is 289 g/mol. The SMILES string of the molecule is Cc1cc(F)ccc1Nc1ccc(N)c(OC(C)(C)C)n1. The number of rotatable bonds is 3. The number of nitrogen functional groups attached to an aromatic ring is 1. The molecule has 0 atom stereocenters. The van der Waals surface area contributed by atoms with Crippen molar-refractivity contribution in [3.05, 3.63) is 41.7 Å². The third-order valence-electron chi connectivity index (χ3n) is 2.74. The van der Waals surface area contributed by atoms with Crippen LogP contribution in [0.2, 0.25) is 0 Å². The Kier molecular flexibility index (Phi) is 4.02. The molecule has 0 spiro atoms. The maximum absolute atomic E-state index is 13.1. The van der Waals surface area contributed by atoms with Crippen molar-refractivity contribution in [2.24, 2.45) is 0 Å². The molecule has 1 heterocycles. The van der Waals surface area contributed by atoms with Crippen LogP contribution in [0.3, 0.4) is 0 Å². The lowest BCUT2D eigenvalue weighted by Crippen LogP contribution is -2.24. The lowest BCUT2D eigenvalue weighted by Gasteiger charge is -2.22. The fourth-order valence-corrected chi connectivity index (χ4v) is 1.80. The van der Waals surface area contributed by atoms with E-state index in [1.807, 2.05) is 27.7 Å². The molecule has 0 saturated carbocycles. The van der Waals surface area contributed by atoms with Crippen LogP contribution in [-0.2, 0) is 0 Å². The molecule has 0 aliphatic rings. The second-order valence-electron chi connectivity index (χ2n) is 5.89. The van der Waals surface area contributed by atoms with Crippen LogP contribution in [0.5, 0.6) is 5.88 Å². The van der Waals surface area contributed by atoms with Crippen LogP contribution in [0, 0.1) is 12.7 Å². The van der Waals surface area contributed by atoms with Crippen LogP contribution < -0.4 is 15.8 Å².